The van der Waals surface area contributed by atoms with Crippen LogP contribution in [-0.2, 0) is 10.4 Å². The van der Waals surface area contributed by atoms with Gasteiger partial charge in [-0.05, 0) is 18.2 Å². The average molecular weight is 400 g/mol. The molecule has 0 bridgehead atoms. The number of carboxylic acid groups (broad SMARTS) is 2. The van der Waals surface area contributed by atoms with E-state index in [1.165, 1.54) is 18.2 Å². The van der Waals surface area contributed by atoms with Crippen LogP contribution in [0.1, 0.15) is 20.7 Å². The van der Waals surface area contributed by atoms with Crippen molar-refractivity contribution in [1.29, 1.82) is 0 Å². The number of rotatable bonds is 2. The minimum Gasteiger partial charge on any atom is -0.759 e. The number of carbonyl (C=O) groups is 2. The molecule has 1 aromatic rings. The van der Waals surface area contributed by atoms with Gasteiger partial charge in [0, 0.05) is 10.4 Å². The molecule has 18 heavy (non-hydrogen) atoms. The zero-order valence-electron chi connectivity index (χ0n) is 8.77. The van der Waals surface area contributed by atoms with E-state index in [4.69, 9.17) is 27.7 Å². The molecule has 0 aliphatic rings. The molecular formula is C8H6BaO8S. The summed E-state index contributed by atoms with van der Waals surface area (Å²) in [6.45, 7) is 0. The van der Waals surface area contributed by atoms with Crippen molar-refractivity contribution in [1.82, 2.24) is 0 Å². The van der Waals surface area contributed by atoms with E-state index in [9.17, 15) is 9.59 Å². The van der Waals surface area contributed by atoms with Crippen molar-refractivity contribution in [3.05, 3.63) is 35.4 Å². The maximum atomic E-state index is 10.4. The summed E-state index contributed by atoms with van der Waals surface area (Å²) in [5, 5.41) is 17.0. The standard InChI is InChI=1S/C8H6O4.Ba.H2O4S/c9-7(10)5-2-1-3-6(4-5)8(11)12;;1-5(2,3)4/h1-4H,(H,9,10)(H,11,12);;(H2,1,2,3,4)/q;+2;/p-2. The SMILES string of the molecule is O=C(O)c1cccc(C(=O)O)c1.O=S(=O)([O-])[O-].[Ba+2]. The first-order chi connectivity index (χ1) is 7.61. The molecule has 0 aliphatic heterocycles. The second-order valence-corrected chi connectivity index (χ2v) is 3.42. The van der Waals surface area contributed by atoms with E-state index in [2.05, 4.69) is 0 Å². The van der Waals surface area contributed by atoms with Crippen molar-refractivity contribution in [2.75, 3.05) is 0 Å². The smallest absolute Gasteiger partial charge is 0.759 e. The molecule has 0 aromatic heterocycles. The Labute approximate surface area is 142 Å². The van der Waals surface area contributed by atoms with Crippen molar-refractivity contribution in [2.45, 2.75) is 0 Å². The quantitative estimate of drug-likeness (QED) is 0.378. The van der Waals surface area contributed by atoms with Gasteiger partial charge in [-0.2, -0.15) is 0 Å². The van der Waals surface area contributed by atoms with Crippen LogP contribution in [0.15, 0.2) is 24.3 Å². The molecule has 0 atom stereocenters. The van der Waals surface area contributed by atoms with Gasteiger partial charge >= 0.3 is 60.8 Å². The van der Waals surface area contributed by atoms with Crippen LogP contribution in [0.2, 0.25) is 0 Å². The molecule has 1 aromatic carbocycles. The fourth-order valence-corrected chi connectivity index (χ4v) is 0.785. The molecule has 0 fully saturated rings. The molecule has 0 radical (unpaired) electrons. The zero-order chi connectivity index (χ0) is 13.6. The summed E-state index contributed by atoms with van der Waals surface area (Å²) >= 11 is 0. The van der Waals surface area contributed by atoms with Gasteiger partial charge in [-0.3, -0.25) is 8.42 Å². The summed E-state index contributed by atoms with van der Waals surface area (Å²) < 4.78 is 34.1. The summed E-state index contributed by atoms with van der Waals surface area (Å²) in [6, 6.07) is 5.20. The van der Waals surface area contributed by atoms with E-state index in [0.29, 0.717) is 0 Å². The predicted molar refractivity (Wildman–Crippen MR) is 56.6 cm³/mol. The molecule has 8 nitrogen and oxygen atoms in total. The van der Waals surface area contributed by atoms with Crippen LogP contribution in [0, 0.1) is 0 Å². The number of hydrogen-bond acceptors (Lipinski definition) is 6. The van der Waals surface area contributed by atoms with Gasteiger partial charge in [-0.1, -0.05) is 6.07 Å². The van der Waals surface area contributed by atoms with Gasteiger partial charge in [0.05, 0.1) is 11.1 Å². The zero-order valence-corrected chi connectivity index (χ0v) is 14.0. The van der Waals surface area contributed by atoms with Crippen molar-refractivity contribution in [2.24, 2.45) is 0 Å². The van der Waals surface area contributed by atoms with Gasteiger partial charge in [0.2, 0.25) is 0 Å². The molecular weight excluding hydrogens is 393 g/mol. The van der Waals surface area contributed by atoms with Crippen LogP contribution in [0.3, 0.4) is 0 Å². The summed E-state index contributed by atoms with van der Waals surface area (Å²) in [5.41, 5.74) is -0.0372. The Kier molecular flexibility index (Phi) is 9.59. The monoisotopic (exact) mass is 400 g/mol. The Balaban J connectivity index is 0. The van der Waals surface area contributed by atoms with Gasteiger partial charge in [0.15, 0.2) is 0 Å². The van der Waals surface area contributed by atoms with Gasteiger partial charge < -0.3 is 19.3 Å². The Morgan fingerprint density at radius 3 is 1.50 bits per heavy atom. The second-order valence-electron chi connectivity index (χ2n) is 2.60. The first-order valence-electron chi connectivity index (χ1n) is 3.84. The number of carboxylic acids is 2. The average Bonchev–Trinajstić information content (AvgIpc) is 2.15. The van der Waals surface area contributed by atoms with Crippen molar-refractivity contribution in [3.8, 4) is 0 Å². The van der Waals surface area contributed by atoms with Crippen LogP contribution in [0.4, 0.5) is 0 Å². The largest absolute Gasteiger partial charge is 2.00 e. The van der Waals surface area contributed by atoms with Crippen LogP contribution in [0.25, 0.3) is 0 Å². The molecule has 2 N–H and O–H groups in total. The Bertz CT molecular complexity index is 486. The third-order valence-corrected chi connectivity index (χ3v) is 1.36. The molecule has 0 spiro atoms. The Hall–Kier alpha value is -0.399. The van der Waals surface area contributed by atoms with Crippen LogP contribution in [-0.4, -0.2) is 88.6 Å². The predicted octanol–water partition coefficient (Wildman–Crippen LogP) is -0.636. The van der Waals surface area contributed by atoms with Gasteiger partial charge in [0.1, 0.15) is 0 Å². The number of benzene rings is 1. The molecule has 0 aliphatic carbocycles. The van der Waals surface area contributed by atoms with Gasteiger partial charge in [-0.25, -0.2) is 9.59 Å². The van der Waals surface area contributed by atoms with Crippen LogP contribution < -0.4 is 0 Å². The minimum atomic E-state index is -5.17. The first kappa shape index (κ1) is 19.9. The maximum absolute atomic E-state index is 10.4. The van der Waals surface area contributed by atoms with E-state index in [-0.39, 0.29) is 60.0 Å². The van der Waals surface area contributed by atoms with E-state index in [1.54, 1.807) is 0 Å². The topological polar surface area (TPSA) is 155 Å². The third kappa shape index (κ3) is 10.7. The van der Waals surface area contributed by atoms with E-state index >= 15 is 0 Å². The molecule has 0 saturated carbocycles. The maximum Gasteiger partial charge on any atom is 2.00 e. The Morgan fingerprint density at radius 2 is 1.28 bits per heavy atom. The molecule has 0 heterocycles. The van der Waals surface area contributed by atoms with E-state index in [0.717, 1.165) is 6.07 Å². The Morgan fingerprint density at radius 1 is 1.00 bits per heavy atom. The summed E-state index contributed by atoms with van der Waals surface area (Å²) in [6.07, 6.45) is 0. The van der Waals surface area contributed by atoms with Crippen molar-refractivity contribution in [3.63, 3.8) is 0 Å². The van der Waals surface area contributed by atoms with E-state index in [1.807, 2.05) is 0 Å². The van der Waals surface area contributed by atoms with Crippen molar-refractivity contribution >= 4 is 71.2 Å². The summed E-state index contributed by atoms with van der Waals surface area (Å²) in [7, 11) is -5.17. The molecule has 10 heteroatoms. The number of aromatic carboxylic acids is 2. The number of hydrogen-bond donors (Lipinski definition) is 2. The second kappa shape index (κ2) is 8.66. The van der Waals surface area contributed by atoms with Crippen LogP contribution in [0.5, 0.6) is 0 Å². The van der Waals surface area contributed by atoms with Crippen LogP contribution >= 0.6 is 0 Å². The normalized spacial score (nSPS) is 9.44. The molecule has 0 unspecified atom stereocenters. The van der Waals surface area contributed by atoms with Gasteiger partial charge in [-0.15, -0.1) is 0 Å². The molecule has 0 amide bonds. The third-order valence-electron chi connectivity index (χ3n) is 1.36. The first-order valence-corrected chi connectivity index (χ1v) is 5.18. The summed E-state index contributed by atoms with van der Waals surface area (Å²) in [5.74, 6) is -2.25. The molecule has 94 valence electrons. The molecule has 1 rings (SSSR count). The van der Waals surface area contributed by atoms with E-state index < -0.39 is 22.3 Å². The fourth-order valence-electron chi connectivity index (χ4n) is 0.785. The fraction of sp³-hybridized carbons (Fsp3) is 0. The minimum absolute atomic E-state index is 0. The molecule has 0 saturated heterocycles. The van der Waals surface area contributed by atoms with Gasteiger partial charge in [0.25, 0.3) is 0 Å². The van der Waals surface area contributed by atoms with Crippen molar-refractivity contribution < 1.29 is 37.3 Å². The summed E-state index contributed by atoms with van der Waals surface area (Å²) in [4.78, 5) is 20.8.